The van der Waals surface area contributed by atoms with Crippen molar-refractivity contribution in [3.63, 3.8) is 0 Å². The van der Waals surface area contributed by atoms with Crippen molar-refractivity contribution in [1.82, 2.24) is 5.32 Å². The minimum atomic E-state index is -0.774. The largest absolute Gasteiger partial charge is 0.481 e. The Hall–Kier alpha value is -1.36. The fourth-order valence-electron chi connectivity index (χ4n) is 3.37. The van der Waals surface area contributed by atoms with E-state index >= 15 is 0 Å². The molecule has 0 aromatic carbocycles. The lowest BCUT2D eigenvalue weighted by Crippen LogP contribution is -2.42. The third-order valence-electron chi connectivity index (χ3n) is 4.53. The van der Waals surface area contributed by atoms with Gasteiger partial charge in [0.1, 0.15) is 0 Å². The number of carbonyl (C=O) groups is 2. The van der Waals surface area contributed by atoms with E-state index in [0.29, 0.717) is 13.0 Å². The fraction of sp³-hybridized carbons (Fsp3) is 0.733. The molecule has 112 valence electrons. The van der Waals surface area contributed by atoms with Gasteiger partial charge in [0, 0.05) is 12.6 Å². The predicted molar refractivity (Wildman–Crippen MR) is 76.0 cm³/mol. The Bertz CT molecular complexity index is 400. The number of rotatable bonds is 5. The number of carboxylic acids is 1. The van der Waals surface area contributed by atoms with Crippen molar-refractivity contribution < 1.29 is 14.7 Å². The molecule has 5 heteroatoms. The average Bonchev–Trinajstić information content (AvgIpc) is 2.83. The van der Waals surface area contributed by atoms with Crippen molar-refractivity contribution >= 4 is 11.9 Å². The maximum atomic E-state index is 12.1. The van der Waals surface area contributed by atoms with Crippen LogP contribution < -0.4 is 11.1 Å². The molecule has 0 heterocycles. The third-order valence-corrected chi connectivity index (χ3v) is 4.53. The number of hydrogen-bond donors (Lipinski definition) is 3. The van der Waals surface area contributed by atoms with Gasteiger partial charge >= 0.3 is 5.97 Å². The fourth-order valence-corrected chi connectivity index (χ4v) is 3.37. The predicted octanol–water partition coefficient (Wildman–Crippen LogP) is 1.43. The molecule has 2 unspecified atom stereocenters. The molecule has 2 aliphatic carbocycles. The minimum absolute atomic E-state index is 0.0236. The van der Waals surface area contributed by atoms with Crippen molar-refractivity contribution in [3.8, 4) is 0 Å². The summed E-state index contributed by atoms with van der Waals surface area (Å²) in [6.45, 7) is 0.470. The number of hydrogen-bond acceptors (Lipinski definition) is 3. The molecule has 0 aromatic heterocycles. The van der Waals surface area contributed by atoms with E-state index in [1.165, 1.54) is 0 Å². The molecular formula is C15H24N2O3. The number of aliphatic carboxylic acids is 1. The molecule has 0 radical (unpaired) electrons. The summed E-state index contributed by atoms with van der Waals surface area (Å²) >= 11 is 0. The van der Waals surface area contributed by atoms with Gasteiger partial charge < -0.3 is 16.2 Å². The highest BCUT2D eigenvalue weighted by atomic mass is 16.4. The molecule has 0 spiro atoms. The molecule has 5 nitrogen and oxygen atoms in total. The molecule has 0 aromatic rings. The van der Waals surface area contributed by atoms with Gasteiger partial charge in [-0.25, -0.2) is 0 Å². The van der Waals surface area contributed by atoms with Crippen molar-refractivity contribution in [1.29, 1.82) is 0 Å². The summed E-state index contributed by atoms with van der Waals surface area (Å²) in [5.41, 5.74) is 5.49. The molecule has 1 saturated carbocycles. The van der Waals surface area contributed by atoms with E-state index in [-0.39, 0.29) is 29.7 Å². The van der Waals surface area contributed by atoms with E-state index < -0.39 is 5.97 Å². The van der Waals surface area contributed by atoms with Gasteiger partial charge in [0.05, 0.1) is 12.3 Å². The van der Waals surface area contributed by atoms with Gasteiger partial charge in [0.25, 0.3) is 0 Å². The van der Waals surface area contributed by atoms with E-state index in [4.69, 9.17) is 10.8 Å². The van der Waals surface area contributed by atoms with Crippen LogP contribution in [0.25, 0.3) is 0 Å². The third kappa shape index (κ3) is 3.82. The molecule has 4 N–H and O–H groups in total. The van der Waals surface area contributed by atoms with Crippen LogP contribution in [0.3, 0.4) is 0 Å². The molecule has 2 rings (SSSR count). The smallest absolute Gasteiger partial charge is 0.303 e. The van der Waals surface area contributed by atoms with Crippen molar-refractivity contribution in [2.75, 3.05) is 6.54 Å². The van der Waals surface area contributed by atoms with E-state index in [1.54, 1.807) is 0 Å². The topological polar surface area (TPSA) is 92.4 Å². The van der Waals surface area contributed by atoms with Gasteiger partial charge in [-0.3, -0.25) is 9.59 Å². The van der Waals surface area contributed by atoms with Crippen molar-refractivity contribution in [3.05, 3.63) is 12.2 Å². The quantitative estimate of drug-likeness (QED) is 0.664. The van der Waals surface area contributed by atoms with Crippen LogP contribution in [0.4, 0.5) is 0 Å². The van der Waals surface area contributed by atoms with E-state index in [1.807, 2.05) is 12.2 Å². The van der Waals surface area contributed by atoms with Crippen LogP contribution in [0, 0.1) is 11.3 Å². The van der Waals surface area contributed by atoms with Gasteiger partial charge in [-0.05, 0) is 24.7 Å². The molecular weight excluding hydrogens is 256 g/mol. The summed E-state index contributed by atoms with van der Waals surface area (Å²) in [7, 11) is 0. The van der Waals surface area contributed by atoms with Crippen LogP contribution >= 0.6 is 0 Å². The Labute approximate surface area is 119 Å². The number of nitrogens with two attached hydrogens (primary N) is 1. The highest BCUT2D eigenvalue weighted by Gasteiger charge is 2.35. The Morgan fingerprint density at radius 3 is 2.50 bits per heavy atom. The second-order valence-corrected chi connectivity index (χ2v) is 6.24. The molecule has 2 atom stereocenters. The first kappa shape index (κ1) is 15.0. The number of carbonyl (C=O) groups excluding carboxylic acids is 1. The summed E-state index contributed by atoms with van der Waals surface area (Å²) in [6, 6.07) is -0.0339. The zero-order valence-electron chi connectivity index (χ0n) is 11.8. The van der Waals surface area contributed by atoms with Crippen molar-refractivity contribution in [2.45, 2.75) is 51.0 Å². The minimum Gasteiger partial charge on any atom is -0.481 e. The first-order chi connectivity index (χ1) is 9.51. The standard InChI is InChI=1S/C15H24N2O3/c16-12-5-4-11(8-12)14(20)17-10-15(9-13(18)19)6-2-1-3-7-15/h4-5,11-12H,1-3,6-10,16H2,(H,17,20)(H,18,19). The van der Waals surface area contributed by atoms with Gasteiger partial charge in [-0.15, -0.1) is 0 Å². The lowest BCUT2D eigenvalue weighted by Gasteiger charge is -2.36. The van der Waals surface area contributed by atoms with Gasteiger partial charge in [-0.1, -0.05) is 31.4 Å². The van der Waals surface area contributed by atoms with Crippen molar-refractivity contribution in [2.24, 2.45) is 17.1 Å². The summed E-state index contributed by atoms with van der Waals surface area (Å²) in [5.74, 6) is -0.955. The monoisotopic (exact) mass is 280 g/mol. The lowest BCUT2D eigenvalue weighted by atomic mass is 9.71. The summed E-state index contributed by atoms with van der Waals surface area (Å²) < 4.78 is 0. The molecule has 0 bridgehead atoms. The normalized spacial score (nSPS) is 28.2. The Morgan fingerprint density at radius 1 is 1.25 bits per heavy atom. The zero-order chi connectivity index (χ0) is 14.6. The second-order valence-electron chi connectivity index (χ2n) is 6.24. The summed E-state index contributed by atoms with van der Waals surface area (Å²) in [5, 5.41) is 12.1. The number of nitrogens with one attached hydrogen (secondary N) is 1. The SMILES string of the molecule is NC1C=CC(C(=O)NCC2(CC(=O)O)CCCCC2)C1. The Kier molecular flexibility index (Phi) is 4.81. The average molecular weight is 280 g/mol. The molecule has 1 fully saturated rings. The highest BCUT2D eigenvalue weighted by molar-refractivity contribution is 5.81. The summed E-state index contributed by atoms with van der Waals surface area (Å²) in [6.07, 6.45) is 9.55. The van der Waals surface area contributed by atoms with Gasteiger partial charge in [0.15, 0.2) is 0 Å². The van der Waals surface area contributed by atoms with Crippen LogP contribution in [-0.2, 0) is 9.59 Å². The lowest BCUT2D eigenvalue weighted by molar-refractivity contribution is -0.141. The highest BCUT2D eigenvalue weighted by Crippen LogP contribution is 2.38. The number of carboxylic acid groups (broad SMARTS) is 1. The van der Waals surface area contributed by atoms with E-state index in [0.717, 1.165) is 32.1 Å². The summed E-state index contributed by atoms with van der Waals surface area (Å²) in [4.78, 5) is 23.2. The first-order valence-electron chi connectivity index (χ1n) is 7.44. The molecule has 1 amide bonds. The Balaban J connectivity index is 1.89. The Morgan fingerprint density at radius 2 is 1.95 bits per heavy atom. The zero-order valence-corrected chi connectivity index (χ0v) is 11.8. The van der Waals surface area contributed by atoms with Crippen LogP contribution in [0.5, 0.6) is 0 Å². The maximum absolute atomic E-state index is 12.1. The second kappa shape index (κ2) is 6.39. The van der Waals surface area contributed by atoms with Crippen LogP contribution in [0.2, 0.25) is 0 Å². The van der Waals surface area contributed by atoms with Crippen LogP contribution in [-0.4, -0.2) is 29.6 Å². The number of amides is 1. The molecule has 20 heavy (non-hydrogen) atoms. The first-order valence-corrected chi connectivity index (χ1v) is 7.44. The molecule has 0 aliphatic heterocycles. The van der Waals surface area contributed by atoms with Crippen LogP contribution in [0.1, 0.15) is 44.9 Å². The maximum Gasteiger partial charge on any atom is 0.303 e. The van der Waals surface area contributed by atoms with Crippen LogP contribution in [0.15, 0.2) is 12.2 Å². The van der Waals surface area contributed by atoms with Gasteiger partial charge in [0.2, 0.25) is 5.91 Å². The molecule has 2 aliphatic rings. The van der Waals surface area contributed by atoms with E-state index in [9.17, 15) is 9.59 Å². The van der Waals surface area contributed by atoms with Gasteiger partial charge in [-0.2, -0.15) is 0 Å². The van der Waals surface area contributed by atoms with E-state index in [2.05, 4.69) is 5.32 Å². The molecule has 0 saturated heterocycles.